The normalized spacial score (nSPS) is 19.9. The highest BCUT2D eigenvalue weighted by Crippen LogP contribution is 2.62. The molecule has 178 valence electrons. The van der Waals surface area contributed by atoms with Gasteiger partial charge in [-0.2, -0.15) is 0 Å². The van der Waals surface area contributed by atoms with Gasteiger partial charge in [-0.25, -0.2) is 4.57 Å². The maximum absolute atomic E-state index is 13.4. The molecule has 0 atom stereocenters. The van der Waals surface area contributed by atoms with Crippen LogP contribution < -0.4 is 9.05 Å². The van der Waals surface area contributed by atoms with Crippen molar-refractivity contribution in [3.8, 4) is 11.5 Å². The van der Waals surface area contributed by atoms with E-state index in [9.17, 15) is 24.8 Å². The van der Waals surface area contributed by atoms with Crippen LogP contribution in [0.2, 0.25) is 10.0 Å². The van der Waals surface area contributed by atoms with Gasteiger partial charge in [0.1, 0.15) is 0 Å². The molecule has 1 aliphatic rings. The summed E-state index contributed by atoms with van der Waals surface area (Å²) in [6.07, 6.45) is 0. The number of nitro groups is 2. The fourth-order valence-corrected chi connectivity index (χ4v) is 5.69. The molecule has 33 heavy (non-hydrogen) atoms. The number of nitro benzene ring substituents is 2. The molecule has 1 aliphatic heterocycles. The summed E-state index contributed by atoms with van der Waals surface area (Å²) in [5, 5.41) is 23.1. The third-order valence-electron chi connectivity index (χ3n) is 4.20. The minimum atomic E-state index is -4.82. The predicted octanol–water partition coefficient (Wildman–Crippen LogP) is 7.45. The third-order valence-corrected chi connectivity index (χ3v) is 6.76. The Kier molecular flexibility index (Phi) is 7.83. The molecule has 10 nitrogen and oxygen atoms in total. The number of fused-ring (bicyclic) bond motifs is 2. The zero-order chi connectivity index (χ0) is 24.7. The first-order chi connectivity index (χ1) is 15.3. The van der Waals surface area contributed by atoms with Crippen molar-refractivity contribution in [3.63, 3.8) is 0 Å². The van der Waals surface area contributed by atoms with Crippen LogP contribution in [-0.2, 0) is 9.09 Å². The van der Waals surface area contributed by atoms with Crippen LogP contribution in [0.4, 0.5) is 11.4 Å². The van der Waals surface area contributed by atoms with Crippen molar-refractivity contribution in [1.29, 1.82) is 0 Å². The van der Waals surface area contributed by atoms with E-state index in [1.807, 2.05) is 0 Å². The monoisotopic (exact) mass is 598 g/mol. The standard InChI is InChI=1S/C16H9Cl6N2O8P/c17-1-2-30-33(29)31-14-9(3-7(18)5-11(14)23(25)26)13(16(20,21)22)10-4-8(19)6-12(24(27)28)15(10)32-33/h3-6,13H,1-2H2. The molecule has 0 saturated heterocycles. The minimum absolute atomic E-state index is 0.167. The average Bonchev–Trinajstić information content (AvgIpc) is 2.67. The van der Waals surface area contributed by atoms with Crippen molar-refractivity contribution < 1.29 is 28.0 Å². The van der Waals surface area contributed by atoms with Crippen molar-refractivity contribution in [3.05, 3.63) is 65.7 Å². The van der Waals surface area contributed by atoms with Gasteiger partial charge >= 0.3 is 19.2 Å². The number of phosphoric ester groups is 1. The molecule has 0 aromatic heterocycles. The first kappa shape index (κ1) is 26.4. The Bertz CT molecular complexity index is 1110. The summed E-state index contributed by atoms with van der Waals surface area (Å²) in [5.41, 5.74) is -1.97. The number of phosphoric acid groups is 1. The fraction of sp³-hybridized carbons (Fsp3) is 0.250. The van der Waals surface area contributed by atoms with Crippen molar-refractivity contribution in [1.82, 2.24) is 0 Å². The molecule has 2 aromatic carbocycles. The largest absolute Gasteiger partial charge is 0.588 e. The molecule has 0 saturated carbocycles. The fourth-order valence-electron chi connectivity index (χ4n) is 3.06. The SMILES string of the molecule is O=[N+]([O-])c1cc(Cl)cc2c1OP(=O)(OCCCl)Oc1c(cc(Cl)cc1[N+](=O)[O-])C2C(Cl)(Cl)Cl. The molecular formula is C16H9Cl6N2O8P. The number of benzene rings is 2. The van der Waals surface area contributed by atoms with Gasteiger partial charge in [-0.05, 0) is 12.1 Å². The van der Waals surface area contributed by atoms with Crippen LogP contribution in [0, 0.1) is 20.2 Å². The lowest BCUT2D eigenvalue weighted by atomic mass is 9.90. The van der Waals surface area contributed by atoms with E-state index in [1.165, 1.54) is 0 Å². The maximum Gasteiger partial charge on any atom is 0.588 e. The van der Waals surface area contributed by atoms with Crippen molar-refractivity contribution in [2.24, 2.45) is 0 Å². The summed E-state index contributed by atoms with van der Waals surface area (Å²) < 4.78 is 26.9. The Labute approximate surface area is 215 Å². The van der Waals surface area contributed by atoms with E-state index in [1.54, 1.807) is 0 Å². The Balaban J connectivity index is 2.50. The summed E-state index contributed by atoms with van der Waals surface area (Å²) in [5.74, 6) is -2.98. The van der Waals surface area contributed by atoms with Crippen molar-refractivity contribution in [2.75, 3.05) is 12.5 Å². The average molecular weight is 601 g/mol. The van der Waals surface area contributed by atoms with E-state index in [4.69, 9.17) is 83.2 Å². The second-order valence-corrected chi connectivity index (χ2v) is 11.5. The van der Waals surface area contributed by atoms with Gasteiger partial charge in [-0.3, -0.25) is 24.8 Å². The van der Waals surface area contributed by atoms with Crippen LogP contribution in [0.5, 0.6) is 11.5 Å². The quantitative estimate of drug-likeness (QED) is 0.150. The second-order valence-electron chi connectivity index (χ2n) is 6.33. The van der Waals surface area contributed by atoms with Gasteiger partial charge in [-0.1, -0.05) is 58.0 Å². The lowest BCUT2D eigenvalue weighted by Crippen LogP contribution is -2.23. The van der Waals surface area contributed by atoms with E-state index < -0.39 is 56.9 Å². The summed E-state index contributed by atoms with van der Waals surface area (Å²) >= 11 is 36.3. The number of hydrogen-bond donors (Lipinski definition) is 0. The van der Waals surface area contributed by atoms with Crippen LogP contribution in [-0.4, -0.2) is 26.1 Å². The van der Waals surface area contributed by atoms with Crippen LogP contribution in [0.15, 0.2) is 24.3 Å². The molecule has 0 N–H and O–H groups in total. The van der Waals surface area contributed by atoms with Crippen LogP contribution in [0.3, 0.4) is 0 Å². The Morgan fingerprint density at radius 3 is 1.70 bits per heavy atom. The highest BCUT2D eigenvalue weighted by Gasteiger charge is 2.48. The number of rotatable bonds is 5. The van der Waals surface area contributed by atoms with Gasteiger partial charge in [0.15, 0.2) is 0 Å². The highest BCUT2D eigenvalue weighted by molar-refractivity contribution is 7.49. The third kappa shape index (κ3) is 5.55. The van der Waals surface area contributed by atoms with Crippen molar-refractivity contribution in [2.45, 2.75) is 9.71 Å². The molecule has 0 aliphatic carbocycles. The zero-order valence-electron chi connectivity index (χ0n) is 15.7. The molecule has 2 aromatic rings. The number of alkyl halides is 4. The predicted molar refractivity (Wildman–Crippen MR) is 124 cm³/mol. The molecule has 1 heterocycles. The summed E-state index contributed by atoms with van der Waals surface area (Å²) in [7, 11) is -4.82. The molecule has 3 rings (SSSR count). The number of halogens is 6. The van der Waals surface area contributed by atoms with E-state index >= 15 is 0 Å². The van der Waals surface area contributed by atoms with Gasteiger partial charge in [0.05, 0.1) is 22.4 Å². The first-order valence-electron chi connectivity index (χ1n) is 8.49. The van der Waals surface area contributed by atoms with E-state index in [-0.39, 0.29) is 27.1 Å². The number of nitrogens with zero attached hydrogens (tertiary/aromatic N) is 2. The van der Waals surface area contributed by atoms with Crippen LogP contribution in [0.1, 0.15) is 17.0 Å². The topological polar surface area (TPSA) is 131 Å². The van der Waals surface area contributed by atoms with E-state index in [0.717, 1.165) is 24.3 Å². The van der Waals surface area contributed by atoms with Gasteiger partial charge in [-0.15, -0.1) is 11.6 Å². The molecule has 17 heteroatoms. The first-order valence-corrected chi connectivity index (χ1v) is 12.4. The second kappa shape index (κ2) is 9.79. The lowest BCUT2D eigenvalue weighted by Gasteiger charge is -2.32. The Morgan fingerprint density at radius 1 is 0.939 bits per heavy atom. The summed E-state index contributed by atoms with van der Waals surface area (Å²) in [6, 6.07) is 4.13. The van der Waals surface area contributed by atoms with E-state index in [0.29, 0.717) is 0 Å². The number of hydrogen-bond acceptors (Lipinski definition) is 8. The molecular weight excluding hydrogens is 592 g/mol. The Morgan fingerprint density at radius 2 is 1.36 bits per heavy atom. The molecule has 0 spiro atoms. The van der Waals surface area contributed by atoms with Gasteiger partial charge in [0.25, 0.3) is 0 Å². The molecule has 0 amide bonds. The van der Waals surface area contributed by atoms with Gasteiger partial charge < -0.3 is 9.05 Å². The summed E-state index contributed by atoms with van der Waals surface area (Å²) in [4.78, 5) is 21.7. The molecule has 0 bridgehead atoms. The molecule has 0 unspecified atom stereocenters. The highest BCUT2D eigenvalue weighted by atomic mass is 35.6. The molecule has 0 fully saturated rings. The van der Waals surface area contributed by atoms with Crippen molar-refractivity contribution >= 4 is 88.8 Å². The smallest absolute Gasteiger partial charge is 0.387 e. The lowest BCUT2D eigenvalue weighted by molar-refractivity contribution is -0.385. The minimum Gasteiger partial charge on any atom is -0.387 e. The Hall–Kier alpha value is -1.23. The zero-order valence-corrected chi connectivity index (χ0v) is 21.1. The van der Waals surface area contributed by atoms with Gasteiger partial charge in [0, 0.05) is 39.2 Å². The van der Waals surface area contributed by atoms with Gasteiger partial charge in [0.2, 0.25) is 15.3 Å². The maximum atomic E-state index is 13.4. The van der Waals surface area contributed by atoms with E-state index in [2.05, 4.69) is 0 Å². The van der Waals surface area contributed by atoms with Crippen LogP contribution in [0.25, 0.3) is 0 Å². The molecule has 0 radical (unpaired) electrons. The summed E-state index contributed by atoms with van der Waals surface area (Å²) in [6.45, 7) is -0.403. The van der Waals surface area contributed by atoms with Crippen LogP contribution >= 0.6 is 77.4 Å².